The molecule has 5 nitrogen and oxygen atoms in total. The lowest BCUT2D eigenvalue weighted by atomic mass is 10.1. The fraction of sp³-hybridized carbons (Fsp3) is 0.412. The van der Waals surface area contributed by atoms with Crippen molar-refractivity contribution in [1.29, 1.82) is 0 Å². The summed E-state index contributed by atoms with van der Waals surface area (Å²) in [6.45, 7) is 6.12. The van der Waals surface area contributed by atoms with E-state index in [9.17, 15) is 4.79 Å². The van der Waals surface area contributed by atoms with Crippen molar-refractivity contribution >= 4 is 29.1 Å². The number of carbonyl (C=O) groups is 1. The normalized spacial score (nSPS) is 18.0. The fourth-order valence-corrected chi connectivity index (χ4v) is 3.11. The summed E-state index contributed by atoms with van der Waals surface area (Å²) < 4.78 is 7.59. The number of benzene rings is 1. The van der Waals surface area contributed by atoms with Crippen LogP contribution in [0.1, 0.15) is 34.6 Å². The van der Waals surface area contributed by atoms with Crippen molar-refractivity contribution in [2.24, 2.45) is 0 Å². The number of aromatic nitrogens is 2. The quantitative estimate of drug-likeness (QED) is 0.830. The van der Waals surface area contributed by atoms with Gasteiger partial charge in [-0.15, -0.1) is 0 Å². The van der Waals surface area contributed by atoms with Gasteiger partial charge in [-0.05, 0) is 31.5 Å². The molecule has 1 saturated heterocycles. The Bertz CT molecular complexity index is 760. The number of ether oxygens (including phenoxy) is 1. The summed E-state index contributed by atoms with van der Waals surface area (Å²) in [6.07, 6.45) is 1.60. The SMILES string of the molecule is CCn1cc(C(=O)N2CCO[C@H](c3ccc(Cl)c(Cl)c3)C2)c(C)n1. The van der Waals surface area contributed by atoms with E-state index in [1.165, 1.54) is 0 Å². The molecule has 1 aliphatic rings. The number of amides is 1. The van der Waals surface area contributed by atoms with E-state index in [0.29, 0.717) is 35.3 Å². The molecule has 128 valence electrons. The summed E-state index contributed by atoms with van der Waals surface area (Å²) in [5, 5.41) is 5.34. The van der Waals surface area contributed by atoms with Crippen LogP contribution in [0.15, 0.2) is 24.4 Å². The molecule has 0 unspecified atom stereocenters. The molecule has 0 bridgehead atoms. The first-order valence-corrected chi connectivity index (χ1v) is 8.65. The van der Waals surface area contributed by atoms with E-state index in [1.807, 2.05) is 19.9 Å². The van der Waals surface area contributed by atoms with E-state index in [-0.39, 0.29) is 12.0 Å². The maximum atomic E-state index is 12.8. The third-order valence-corrected chi connectivity index (χ3v) is 4.91. The van der Waals surface area contributed by atoms with E-state index < -0.39 is 0 Å². The zero-order valence-electron chi connectivity index (χ0n) is 13.6. The van der Waals surface area contributed by atoms with Gasteiger partial charge >= 0.3 is 0 Å². The van der Waals surface area contributed by atoms with Crippen LogP contribution in [-0.2, 0) is 11.3 Å². The first kappa shape index (κ1) is 17.3. The molecule has 24 heavy (non-hydrogen) atoms. The lowest BCUT2D eigenvalue weighted by molar-refractivity contribution is -0.0228. The van der Waals surface area contributed by atoms with Crippen LogP contribution in [0.3, 0.4) is 0 Å². The topological polar surface area (TPSA) is 47.4 Å². The minimum absolute atomic E-state index is 0.0134. The highest BCUT2D eigenvalue weighted by atomic mass is 35.5. The molecule has 0 aliphatic carbocycles. The summed E-state index contributed by atoms with van der Waals surface area (Å²) in [4.78, 5) is 14.6. The van der Waals surface area contributed by atoms with Gasteiger partial charge in [-0.3, -0.25) is 9.48 Å². The Balaban J connectivity index is 1.78. The van der Waals surface area contributed by atoms with Crippen molar-refractivity contribution < 1.29 is 9.53 Å². The first-order valence-electron chi connectivity index (χ1n) is 7.89. The number of rotatable bonds is 3. The summed E-state index contributed by atoms with van der Waals surface area (Å²) in [5.74, 6) is -0.0134. The highest BCUT2D eigenvalue weighted by Gasteiger charge is 2.28. The molecule has 2 heterocycles. The Morgan fingerprint density at radius 2 is 2.17 bits per heavy atom. The highest BCUT2D eigenvalue weighted by Crippen LogP contribution is 2.29. The number of carbonyl (C=O) groups excluding carboxylic acids is 1. The maximum Gasteiger partial charge on any atom is 0.257 e. The average molecular weight is 368 g/mol. The van der Waals surface area contributed by atoms with Crippen LogP contribution in [0.25, 0.3) is 0 Å². The van der Waals surface area contributed by atoms with Crippen LogP contribution in [0, 0.1) is 6.92 Å². The summed E-state index contributed by atoms with van der Waals surface area (Å²) in [5.41, 5.74) is 2.31. The number of hydrogen-bond donors (Lipinski definition) is 0. The molecule has 1 aromatic heterocycles. The van der Waals surface area contributed by atoms with Gasteiger partial charge in [0.15, 0.2) is 0 Å². The Morgan fingerprint density at radius 3 is 2.83 bits per heavy atom. The Kier molecular flexibility index (Phi) is 5.13. The number of halogens is 2. The minimum atomic E-state index is -0.209. The second kappa shape index (κ2) is 7.13. The number of nitrogens with zero attached hydrogens (tertiary/aromatic N) is 3. The lowest BCUT2D eigenvalue weighted by Gasteiger charge is -2.33. The van der Waals surface area contributed by atoms with Crippen LogP contribution in [0.5, 0.6) is 0 Å². The number of aryl methyl sites for hydroxylation is 2. The summed E-state index contributed by atoms with van der Waals surface area (Å²) in [6, 6.07) is 5.43. The van der Waals surface area contributed by atoms with Gasteiger partial charge in [-0.1, -0.05) is 29.3 Å². The molecule has 0 saturated carbocycles. The second-order valence-electron chi connectivity index (χ2n) is 5.77. The third-order valence-electron chi connectivity index (χ3n) is 4.17. The van der Waals surface area contributed by atoms with E-state index in [1.54, 1.807) is 27.9 Å². The minimum Gasteiger partial charge on any atom is -0.370 e. The molecule has 0 N–H and O–H groups in total. The maximum absolute atomic E-state index is 12.8. The highest BCUT2D eigenvalue weighted by molar-refractivity contribution is 6.42. The van der Waals surface area contributed by atoms with E-state index in [0.717, 1.165) is 17.8 Å². The van der Waals surface area contributed by atoms with Crippen molar-refractivity contribution in [3.63, 3.8) is 0 Å². The van der Waals surface area contributed by atoms with Gasteiger partial charge in [-0.25, -0.2) is 0 Å². The predicted octanol–water partition coefficient (Wildman–Crippen LogP) is 3.73. The molecule has 1 aliphatic heterocycles. The molecule has 0 radical (unpaired) electrons. The van der Waals surface area contributed by atoms with Crippen LogP contribution in [-0.4, -0.2) is 40.3 Å². The van der Waals surface area contributed by atoms with Gasteiger partial charge in [0.05, 0.1) is 34.5 Å². The molecule has 7 heteroatoms. The lowest BCUT2D eigenvalue weighted by Crippen LogP contribution is -2.42. The molecule has 3 rings (SSSR count). The molecule has 2 aromatic rings. The zero-order valence-corrected chi connectivity index (χ0v) is 15.1. The summed E-state index contributed by atoms with van der Waals surface area (Å²) in [7, 11) is 0. The Hall–Kier alpha value is -1.56. The van der Waals surface area contributed by atoms with Crippen LogP contribution < -0.4 is 0 Å². The standard InChI is InChI=1S/C17H19Cl2N3O2/c1-3-22-9-13(11(2)20-22)17(23)21-6-7-24-16(10-21)12-4-5-14(18)15(19)8-12/h4-5,8-9,16H,3,6-7,10H2,1-2H3/t16-/m0/s1. The van der Waals surface area contributed by atoms with Crippen molar-refractivity contribution in [3.05, 3.63) is 51.3 Å². The average Bonchev–Trinajstić information content (AvgIpc) is 2.98. The van der Waals surface area contributed by atoms with Gasteiger partial charge in [0.2, 0.25) is 0 Å². The smallest absolute Gasteiger partial charge is 0.257 e. The van der Waals surface area contributed by atoms with Crippen LogP contribution in [0.4, 0.5) is 0 Å². The molecular formula is C17H19Cl2N3O2. The van der Waals surface area contributed by atoms with Crippen molar-refractivity contribution in [2.75, 3.05) is 19.7 Å². The van der Waals surface area contributed by atoms with Crippen molar-refractivity contribution in [2.45, 2.75) is 26.5 Å². The fourth-order valence-electron chi connectivity index (χ4n) is 2.81. The largest absolute Gasteiger partial charge is 0.370 e. The van der Waals surface area contributed by atoms with Gasteiger partial charge in [0, 0.05) is 19.3 Å². The van der Waals surface area contributed by atoms with Gasteiger partial charge in [0.1, 0.15) is 6.10 Å². The number of morpholine rings is 1. The molecule has 1 atom stereocenters. The first-order chi connectivity index (χ1) is 11.5. The van der Waals surface area contributed by atoms with Crippen LogP contribution >= 0.6 is 23.2 Å². The summed E-state index contributed by atoms with van der Waals surface area (Å²) >= 11 is 12.1. The van der Waals surface area contributed by atoms with Gasteiger partial charge in [-0.2, -0.15) is 5.10 Å². The molecule has 0 spiro atoms. The van der Waals surface area contributed by atoms with E-state index in [2.05, 4.69) is 5.10 Å². The van der Waals surface area contributed by atoms with Crippen LogP contribution in [0.2, 0.25) is 10.0 Å². The Labute approximate surface area is 151 Å². The Morgan fingerprint density at radius 1 is 1.38 bits per heavy atom. The second-order valence-corrected chi connectivity index (χ2v) is 6.58. The molecule has 1 amide bonds. The third kappa shape index (κ3) is 3.43. The molecule has 1 aromatic carbocycles. The number of hydrogen-bond acceptors (Lipinski definition) is 3. The van der Waals surface area contributed by atoms with E-state index in [4.69, 9.17) is 27.9 Å². The monoisotopic (exact) mass is 367 g/mol. The van der Waals surface area contributed by atoms with Gasteiger partial charge < -0.3 is 9.64 Å². The zero-order chi connectivity index (χ0) is 17.3. The predicted molar refractivity (Wildman–Crippen MR) is 93.7 cm³/mol. The molecular weight excluding hydrogens is 349 g/mol. The van der Waals surface area contributed by atoms with Crippen molar-refractivity contribution in [1.82, 2.24) is 14.7 Å². The van der Waals surface area contributed by atoms with Crippen molar-refractivity contribution in [3.8, 4) is 0 Å². The van der Waals surface area contributed by atoms with E-state index >= 15 is 0 Å². The molecule has 1 fully saturated rings. The van der Waals surface area contributed by atoms with Gasteiger partial charge in [0.25, 0.3) is 5.91 Å².